The first-order valence-electron chi connectivity index (χ1n) is 8.76. The molecule has 6 heteroatoms. The summed E-state index contributed by atoms with van der Waals surface area (Å²) in [6.45, 7) is 3.75. The van der Waals surface area contributed by atoms with Crippen LogP contribution in [-0.4, -0.2) is 36.5 Å². The molecule has 0 radical (unpaired) electrons. The third-order valence-corrected chi connectivity index (χ3v) is 4.15. The molecule has 2 aromatic carbocycles. The number of ketones is 1. The Kier molecular flexibility index (Phi) is 5.73. The van der Waals surface area contributed by atoms with Crippen LogP contribution in [-0.2, 0) is 4.74 Å². The summed E-state index contributed by atoms with van der Waals surface area (Å²) in [6.07, 6.45) is 2.19. The molecule has 0 unspecified atom stereocenters. The lowest BCUT2D eigenvalue weighted by molar-refractivity contribution is 0.0526. The van der Waals surface area contributed by atoms with Gasteiger partial charge in [-0.2, -0.15) is 0 Å². The molecule has 0 N–H and O–H groups in total. The average Bonchev–Trinajstić information content (AvgIpc) is 3.20. The van der Waals surface area contributed by atoms with Crippen LogP contribution in [0.3, 0.4) is 0 Å². The SMILES string of the molecule is CCOC(=O)c1ccc(N=NN2CCCC2)c(C(=O)c2ccccc2)c1. The van der Waals surface area contributed by atoms with Gasteiger partial charge in [0.05, 0.1) is 23.4 Å². The van der Waals surface area contributed by atoms with Crippen molar-refractivity contribution in [3.63, 3.8) is 0 Å². The van der Waals surface area contributed by atoms with E-state index in [4.69, 9.17) is 4.74 Å². The fraction of sp³-hybridized carbons (Fsp3) is 0.300. The van der Waals surface area contributed by atoms with E-state index in [9.17, 15) is 9.59 Å². The Morgan fingerprint density at radius 1 is 1.04 bits per heavy atom. The fourth-order valence-corrected chi connectivity index (χ4v) is 2.79. The summed E-state index contributed by atoms with van der Waals surface area (Å²) in [5.41, 5.74) is 1.64. The Hall–Kier alpha value is -3.02. The van der Waals surface area contributed by atoms with E-state index in [0.29, 0.717) is 22.4 Å². The second-order valence-corrected chi connectivity index (χ2v) is 6.00. The second-order valence-electron chi connectivity index (χ2n) is 6.00. The highest BCUT2D eigenvalue weighted by Gasteiger charge is 2.18. The van der Waals surface area contributed by atoms with Gasteiger partial charge in [0, 0.05) is 18.7 Å². The van der Waals surface area contributed by atoms with Gasteiger partial charge in [0.25, 0.3) is 0 Å². The van der Waals surface area contributed by atoms with Crippen molar-refractivity contribution in [2.45, 2.75) is 19.8 Å². The van der Waals surface area contributed by atoms with E-state index in [1.165, 1.54) is 6.07 Å². The van der Waals surface area contributed by atoms with Crippen molar-refractivity contribution in [1.82, 2.24) is 5.01 Å². The molecule has 134 valence electrons. The van der Waals surface area contributed by atoms with E-state index < -0.39 is 5.97 Å². The van der Waals surface area contributed by atoms with E-state index in [0.717, 1.165) is 25.9 Å². The van der Waals surface area contributed by atoms with Crippen molar-refractivity contribution in [3.05, 3.63) is 65.2 Å². The summed E-state index contributed by atoms with van der Waals surface area (Å²) in [6, 6.07) is 13.7. The zero-order valence-corrected chi connectivity index (χ0v) is 14.7. The molecule has 1 aliphatic rings. The molecule has 26 heavy (non-hydrogen) atoms. The number of esters is 1. The van der Waals surface area contributed by atoms with Crippen LogP contribution in [0.2, 0.25) is 0 Å². The van der Waals surface area contributed by atoms with Crippen molar-refractivity contribution in [3.8, 4) is 0 Å². The third-order valence-electron chi connectivity index (χ3n) is 4.15. The lowest BCUT2D eigenvalue weighted by Gasteiger charge is -2.10. The van der Waals surface area contributed by atoms with Gasteiger partial charge in [0.15, 0.2) is 5.78 Å². The highest BCUT2D eigenvalue weighted by molar-refractivity contribution is 6.12. The molecule has 0 spiro atoms. The van der Waals surface area contributed by atoms with Gasteiger partial charge in [0.2, 0.25) is 0 Å². The standard InChI is InChI=1S/C20H21N3O3/c1-2-26-20(25)16-10-11-18(21-22-23-12-6-7-13-23)17(14-16)19(24)15-8-4-3-5-9-15/h3-5,8-11,14H,2,6-7,12-13H2,1H3. The fourth-order valence-electron chi connectivity index (χ4n) is 2.79. The third kappa shape index (κ3) is 4.14. The lowest BCUT2D eigenvalue weighted by Crippen LogP contribution is -2.10. The predicted molar refractivity (Wildman–Crippen MR) is 97.6 cm³/mol. The van der Waals surface area contributed by atoms with Crippen molar-refractivity contribution in [2.24, 2.45) is 10.3 Å². The Morgan fingerprint density at radius 2 is 1.77 bits per heavy atom. The number of ether oxygens (including phenoxy) is 1. The van der Waals surface area contributed by atoms with Gasteiger partial charge in [-0.3, -0.25) is 9.80 Å². The Morgan fingerprint density at radius 3 is 2.46 bits per heavy atom. The predicted octanol–water partition coefficient (Wildman–Crippen LogP) is 4.19. The molecular weight excluding hydrogens is 330 g/mol. The van der Waals surface area contributed by atoms with Gasteiger partial charge in [-0.1, -0.05) is 35.6 Å². The quantitative estimate of drug-likeness (QED) is 0.444. The van der Waals surface area contributed by atoms with Gasteiger partial charge >= 0.3 is 5.97 Å². The highest BCUT2D eigenvalue weighted by atomic mass is 16.5. The number of carbonyl (C=O) groups is 2. The van der Waals surface area contributed by atoms with E-state index in [2.05, 4.69) is 10.3 Å². The van der Waals surface area contributed by atoms with Crippen LogP contribution in [0.5, 0.6) is 0 Å². The minimum Gasteiger partial charge on any atom is -0.462 e. The molecule has 0 saturated carbocycles. The highest BCUT2D eigenvalue weighted by Crippen LogP contribution is 2.25. The summed E-state index contributed by atoms with van der Waals surface area (Å²) in [5, 5.41) is 10.4. The van der Waals surface area contributed by atoms with Crippen molar-refractivity contribution in [1.29, 1.82) is 0 Å². The Bertz CT molecular complexity index is 812. The molecular formula is C20H21N3O3. The summed E-state index contributed by atoms with van der Waals surface area (Å²) < 4.78 is 5.04. The summed E-state index contributed by atoms with van der Waals surface area (Å²) >= 11 is 0. The van der Waals surface area contributed by atoms with Crippen LogP contribution in [0.4, 0.5) is 5.69 Å². The van der Waals surface area contributed by atoms with E-state index >= 15 is 0 Å². The minimum absolute atomic E-state index is 0.202. The van der Waals surface area contributed by atoms with Crippen molar-refractivity contribution >= 4 is 17.4 Å². The number of hydrogen-bond donors (Lipinski definition) is 0. The average molecular weight is 351 g/mol. The maximum atomic E-state index is 12.9. The van der Waals surface area contributed by atoms with E-state index in [-0.39, 0.29) is 12.4 Å². The Balaban J connectivity index is 1.96. The molecule has 0 amide bonds. The number of nitrogens with zero attached hydrogens (tertiary/aromatic N) is 3. The molecule has 0 atom stereocenters. The van der Waals surface area contributed by atoms with E-state index in [1.807, 2.05) is 11.1 Å². The van der Waals surface area contributed by atoms with Gasteiger partial charge in [0.1, 0.15) is 0 Å². The molecule has 3 rings (SSSR count). The molecule has 1 fully saturated rings. The minimum atomic E-state index is -0.461. The lowest BCUT2D eigenvalue weighted by atomic mass is 9.99. The van der Waals surface area contributed by atoms with Crippen LogP contribution >= 0.6 is 0 Å². The first kappa shape index (κ1) is 17.8. The van der Waals surface area contributed by atoms with Crippen LogP contribution in [0.25, 0.3) is 0 Å². The van der Waals surface area contributed by atoms with Crippen LogP contribution in [0.15, 0.2) is 58.9 Å². The summed E-state index contributed by atoms with van der Waals surface area (Å²) in [5.74, 6) is -0.662. The Labute approximate surface area is 152 Å². The number of carbonyl (C=O) groups excluding carboxylic acids is 2. The molecule has 1 aliphatic heterocycles. The van der Waals surface area contributed by atoms with Crippen LogP contribution in [0, 0.1) is 0 Å². The molecule has 1 heterocycles. The maximum absolute atomic E-state index is 12.9. The number of hydrogen-bond acceptors (Lipinski definition) is 5. The second kappa shape index (κ2) is 8.38. The van der Waals surface area contributed by atoms with E-state index in [1.54, 1.807) is 43.3 Å². The number of rotatable bonds is 6. The van der Waals surface area contributed by atoms with Crippen molar-refractivity contribution < 1.29 is 14.3 Å². The molecule has 1 saturated heterocycles. The smallest absolute Gasteiger partial charge is 0.338 e. The first-order valence-corrected chi connectivity index (χ1v) is 8.76. The monoisotopic (exact) mass is 351 g/mol. The summed E-state index contributed by atoms with van der Waals surface area (Å²) in [4.78, 5) is 25.0. The van der Waals surface area contributed by atoms with Crippen LogP contribution < -0.4 is 0 Å². The zero-order chi connectivity index (χ0) is 18.4. The first-order chi connectivity index (χ1) is 12.7. The largest absolute Gasteiger partial charge is 0.462 e. The van der Waals surface area contributed by atoms with Crippen LogP contribution in [0.1, 0.15) is 46.0 Å². The van der Waals surface area contributed by atoms with Gasteiger partial charge in [-0.25, -0.2) is 4.79 Å². The number of benzene rings is 2. The summed E-state index contributed by atoms with van der Waals surface area (Å²) in [7, 11) is 0. The maximum Gasteiger partial charge on any atom is 0.338 e. The van der Waals surface area contributed by atoms with Gasteiger partial charge in [-0.15, -0.1) is 5.11 Å². The molecule has 2 aromatic rings. The van der Waals surface area contributed by atoms with Gasteiger partial charge in [-0.05, 0) is 38.0 Å². The molecule has 0 aromatic heterocycles. The zero-order valence-electron chi connectivity index (χ0n) is 14.7. The normalized spacial score (nSPS) is 14.0. The van der Waals surface area contributed by atoms with Crippen molar-refractivity contribution in [2.75, 3.05) is 19.7 Å². The molecule has 0 aliphatic carbocycles. The van der Waals surface area contributed by atoms with Gasteiger partial charge < -0.3 is 4.74 Å². The molecule has 0 bridgehead atoms. The molecule has 6 nitrogen and oxygen atoms in total. The topological polar surface area (TPSA) is 71.3 Å².